The molecule has 3 rings (SSSR count). The van der Waals surface area contributed by atoms with Crippen molar-refractivity contribution >= 4 is 23.1 Å². The van der Waals surface area contributed by atoms with E-state index in [0.717, 1.165) is 31.9 Å². The molecule has 1 fully saturated rings. The lowest BCUT2D eigenvalue weighted by Crippen LogP contribution is -2.44. The molecule has 0 saturated carbocycles. The Morgan fingerprint density at radius 2 is 1.78 bits per heavy atom. The summed E-state index contributed by atoms with van der Waals surface area (Å²) in [4.78, 5) is 20.8. The second-order valence-corrected chi connectivity index (χ2v) is 5.76. The summed E-state index contributed by atoms with van der Waals surface area (Å²) >= 11 is 0. The van der Waals surface area contributed by atoms with Crippen molar-refractivity contribution in [2.24, 2.45) is 0 Å². The number of hydrogen-bond acceptors (Lipinski definition) is 5. The molecule has 2 heterocycles. The number of nitrogen functional groups attached to an aromatic ring is 1. The second-order valence-electron chi connectivity index (χ2n) is 5.76. The van der Waals surface area contributed by atoms with Gasteiger partial charge in [0.2, 0.25) is 0 Å². The molecule has 0 bridgehead atoms. The number of hydrogen-bond donors (Lipinski definition) is 2. The van der Waals surface area contributed by atoms with Crippen molar-refractivity contribution in [3.63, 3.8) is 0 Å². The third-order valence-corrected chi connectivity index (χ3v) is 4.04. The highest BCUT2D eigenvalue weighted by Gasteiger charge is 2.14. The zero-order valence-corrected chi connectivity index (χ0v) is 13.2. The topological polar surface area (TPSA) is 74.5 Å². The highest BCUT2D eigenvalue weighted by Crippen LogP contribution is 2.19. The number of rotatable bonds is 3. The Labute approximate surface area is 135 Å². The van der Waals surface area contributed by atoms with E-state index in [9.17, 15) is 4.79 Å². The van der Waals surface area contributed by atoms with Crippen molar-refractivity contribution in [2.75, 3.05) is 49.2 Å². The molecule has 0 radical (unpaired) electrons. The van der Waals surface area contributed by atoms with Crippen LogP contribution in [-0.2, 0) is 0 Å². The van der Waals surface area contributed by atoms with Gasteiger partial charge in [-0.1, -0.05) is 0 Å². The van der Waals surface area contributed by atoms with Crippen molar-refractivity contribution in [2.45, 2.75) is 0 Å². The van der Waals surface area contributed by atoms with Crippen molar-refractivity contribution in [3.05, 3.63) is 48.2 Å². The van der Waals surface area contributed by atoms with Crippen molar-refractivity contribution in [1.82, 2.24) is 9.88 Å². The Bertz CT molecular complexity index is 660. The molecule has 0 atom stereocenters. The third kappa shape index (κ3) is 3.78. The van der Waals surface area contributed by atoms with Crippen LogP contribution in [0, 0.1) is 0 Å². The maximum Gasteiger partial charge on any atom is 0.257 e. The normalized spacial score (nSPS) is 15.4. The molecular formula is C17H21N5O. The fourth-order valence-corrected chi connectivity index (χ4v) is 2.56. The Morgan fingerprint density at radius 3 is 2.39 bits per heavy atom. The Balaban J connectivity index is 1.63. The van der Waals surface area contributed by atoms with Crippen LogP contribution in [0.3, 0.4) is 0 Å². The number of pyridine rings is 1. The fraction of sp³-hybridized carbons (Fsp3) is 0.294. The van der Waals surface area contributed by atoms with E-state index in [2.05, 4.69) is 27.1 Å². The summed E-state index contributed by atoms with van der Waals surface area (Å²) in [7, 11) is 2.14. The highest BCUT2D eigenvalue weighted by atomic mass is 16.1. The van der Waals surface area contributed by atoms with E-state index in [-0.39, 0.29) is 5.91 Å². The minimum Gasteiger partial charge on any atom is -0.384 e. The third-order valence-electron chi connectivity index (χ3n) is 4.04. The van der Waals surface area contributed by atoms with Gasteiger partial charge >= 0.3 is 0 Å². The van der Waals surface area contributed by atoms with Crippen molar-refractivity contribution in [3.8, 4) is 0 Å². The lowest BCUT2D eigenvalue weighted by Gasteiger charge is -2.34. The van der Waals surface area contributed by atoms with Crippen LogP contribution in [0.1, 0.15) is 10.4 Å². The number of nitrogens with two attached hydrogens (primary N) is 1. The molecule has 23 heavy (non-hydrogen) atoms. The van der Waals surface area contributed by atoms with Crippen LogP contribution in [0.2, 0.25) is 0 Å². The van der Waals surface area contributed by atoms with Gasteiger partial charge in [0.15, 0.2) is 0 Å². The fourth-order valence-electron chi connectivity index (χ4n) is 2.56. The predicted octanol–water partition coefficient (Wildman–Crippen LogP) is 1.67. The minimum absolute atomic E-state index is 0.190. The standard InChI is InChI=1S/C17H21N5O/c1-21-8-10-22(11-9-21)15-5-3-14(4-6-15)20-17(23)13-2-7-16(18)19-12-13/h2-7,12H,8-11H2,1H3,(H2,18,19)(H,20,23). The van der Waals surface area contributed by atoms with E-state index in [1.165, 1.54) is 11.9 Å². The SMILES string of the molecule is CN1CCN(c2ccc(NC(=O)c3ccc(N)nc3)cc2)CC1. The molecule has 1 aromatic carbocycles. The highest BCUT2D eigenvalue weighted by molar-refractivity contribution is 6.04. The molecule has 6 nitrogen and oxygen atoms in total. The van der Waals surface area contributed by atoms with Crippen LogP contribution < -0.4 is 16.0 Å². The molecule has 1 saturated heterocycles. The van der Waals surface area contributed by atoms with Gasteiger partial charge in [-0.25, -0.2) is 4.98 Å². The molecule has 2 aromatic rings. The summed E-state index contributed by atoms with van der Waals surface area (Å²) in [6.45, 7) is 4.20. The van der Waals surface area contributed by atoms with E-state index < -0.39 is 0 Å². The van der Waals surface area contributed by atoms with Gasteiger partial charge in [0, 0.05) is 43.8 Å². The number of likely N-dealkylation sites (N-methyl/N-ethyl adjacent to an activating group) is 1. The Hall–Kier alpha value is -2.60. The molecular weight excluding hydrogens is 290 g/mol. The summed E-state index contributed by atoms with van der Waals surface area (Å²) in [5, 5.41) is 2.87. The Kier molecular flexibility index (Phi) is 4.43. The van der Waals surface area contributed by atoms with Gasteiger partial charge in [0.25, 0.3) is 5.91 Å². The summed E-state index contributed by atoms with van der Waals surface area (Å²) in [5.41, 5.74) is 7.97. The molecule has 1 amide bonds. The van der Waals surface area contributed by atoms with Gasteiger partial charge in [-0.05, 0) is 43.4 Å². The molecule has 1 aromatic heterocycles. The summed E-state index contributed by atoms with van der Waals surface area (Å²) < 4.78 is 0. The molecule has 6 heteroatoms. The van der Waals surface area contributed by atoms with Crippen LogP contribution in [-0.4, -0.2) is 49.0 Å². The van der Waals surface area contributed by atoms with Crippen LogP contribution in [0.25, 0.3) is 0 Å². The lowest BCUT2D eigenvalue weighted by atomic mass is 10.2. The predicted molar refractivity (Wildman–Crippen MR) is 92.8 cm³/mol. The number of piperazine rings is 1. The largest absolute Gasteiger partial charge is 0.384 e. The number of aromatic nitrogens is 1. The van der Waals surface area contributed by atoms with Crippen LogP contribution >= 0.6 is 0 Å². The number of amides is 1. The maximum absolute atomic E-state index is 12.1. The average Bonchev–Trinajstić information content (AvgIpc) is 2.57. The van der Waals surface area contributed by atoms with E-state index in [4.69, 9.17) is 5.73 Å². The van der Waals surface area contributed by atoms with Crippen LogP contribution in [0.15, 0.2) is 42.6 Å². The number of carbonyl (C=O) groups is 1. The van der Waals surface area contributed by atoms with E-state index >= 15 is 0 Å². The van der Waals surface area contributed by atoms with Gasteiger partial charge in [-0.3, -0.25) is 4.79 Å². The summed E-state index contributed by atoms with van der Waals surface area (Å²) in [6, 6.07) is 11.2. The van der Waals surface area contributed by atoms with E-state index in [0.29, 0.717) is 11.4 Å². The number of nitrogens with one attached hydrogen (secondary N) is 1. The van der Waals surface area contributed by atoms with Gasteiger partial charge in [-0.15, -0.1) is 0 Å². The van der Waals surface area contributed by atoms with Gasteiger partial charge < -0.3 is 20.9 Å². The second kappa shape index (κ2) is 6.66. The first-order valence-electron chi connectivity index (χ1n) is 7.68. The number of carbonyl (C=O) groups excluding carboxylic acids is 1. The quantitative estimate of drug-likeness (QED) is 0.902. The number of nitrogens with zero attached hydrogens (tertiary/aromatic N) is 3. The monoisotopic (exact) mass is 311 g/mol. The molecule has 1 aliphatic heterocycles. The lowest BCUT2D eigenvalue weighted by molar-refractivity contribution is 0.102. The van der Waals surface area contributed by atoms with E-state index in [1.54, 1.807) is 12.1 Å². The van der Waals surface area contributed by atoms with Crippen LogP contribution in [0.5, 0.6) is 0 Å². The maximum atomic E-state index is 12.1. The van der Waals surface area contributed by atoms with Crippen LogP contribution in [0.4, 0.5) is 17.2 Å². The zero-order chi connectivity index (χ0) is 16.2. The first kappa shape index (κ1) is 15.3. The number of benzene rings is 1. The van der Waals surface area contributed by atoms with Gasteiger partial charge in [0.05, 0.1) is 5.56 Å². The summed E-state index contributed by atoms with van der Waals surface area (Å²) in [6.07, 6.45) is 1.48. The molecule has 0 unspecified atom stereocenters. The van der Waals surface area contributed by atoms with Gasteiger partial charge in [0.1, 0.15) is 5.82 Å². The zero-order valence-electron chi connectivity index (χ0n) is 13.2. The average molecular weight is 311 g/mol. The molecule has 3 N–H and O–H groups in total. The smallest absolute Gasteiger partial charge is 0.257 e. The van der Waals surface area contributed by atoms with E-state index in [1.807, 2.05) is 24.3 Å². The number of anilines is 3. The molecule has 0 spiro atoms. The molecule has 1 aliphatic rings. The first-order chi connectivity index (χ1) is 11.1. The molecule has 120 valence electrons. The first-order valence-corrected chi connectivity index (χ1v) is 7.68. The molecule has 0 aliphatic carbocycles. The Morgan fingerprint density at radius 1 is 1.09 bits per heavy atom. The summed E-state index contributed by atoms with van der Waals surface area (Å²) in [5.74, 6) is 0.211. The minimum atomic E-state index is -0.190. The van der Waals surface area contributed by atoms with Gasteiger partial charge in [-0.2, -0.15) is 0 Å². The van der Waals surface area contributed by atoms with Crippen molar-refractivity contribution in [1.29, 1.82) is 0 Å². The van der Waals surface area contributed by atoms with Crippen molar-refractivity contribution < 1.29 is 4.79 Å².